The molecule has 2 aromatic heterocycles. The normalized spacial score (nSPS) is 10.2. The fraction of sp³-hybridized carbons (Fsp3) is 0.273. The second-order valence-electron chi connectivity index (χ2n) is 3.61. The average Bonchev–Trinajstić information content (AvgIpc) is 2.75. The van der Waals surface area contributed by atoms with Gasteiger partial charge in [0.05, 0.1) is 10.7 Å². The first-order valence-corrected chi connectivity index (χ1v) is 6.23. The zero-order valence-corrected chi connectivity index (χ0v) is 10.4. The largest absolute Gasteiger partial charge is 0.384 e. The van der Waals surface area contributed by atoms with Crippen molar-refractivity contribution in [2.45, 2.75) is 13.3 Å². The van der Waals surface area contributed by atoms with Crippen LogP contribution in [0.2, 0.25) is 0 Å². The summed E-state index contributed by atoms with van der Waals surface area (Å²) >= 11 is 1.68. The lowest BCUT2D eigenvalue weighted by molar-refractivity contribution is 0.968. The SMILES string of the molecule is Cc1nc(CCNc2ccnc(NN)c2)cs1. The summed E-state index contributed by atoms with van der Waals surface area (Å²) in [4.78, 5) is 8.45. The van der Waals surface area contributed by atoms with Crippen molar-refractivity contribution >= 4 is 22.8 Å². The van der Waals surface area contributed by atoms with E-state index in [1.807, 2.05) is 19.1 Å². The zero-order valence-electron chi connectivity index (χ0n) is 9.60. The third kappa shape index (κ3) is 3.40. The number of nitrogen functional groups attached to an aromatic ring is 1. The molecule has 0 unspecified atom stereocenters. The Hall–Kier alpha value is -1.66. The monoisotopic (exact) mass is 249 g/mol. The first-order chi connectivity index (χ1) is 8.28. The molecule has 0 fully saturated rings. The molecular formula is C11H15N5S. The summed E-state index contributed by atoms with van der Waals surface area (Å²) in [7, 11) is 0. The molecule has 0 bridgehead atoms. The summed E-state index contributed by atoms with van der Waals surface area (Å²) in [5, 5.41) is 6.51. The molecule has 0 aliphatic heterocycles. The Kier molecular flexibility index (Phi) is 3.89. The lowest BCUT2D eigenvalue weighted by atomic mass is 10.3. The number of nitrogens with zero attached hydrogens (tertiary/aromatic N) is 2. The Balaban J connectivity index is 1.85. The molecule has 0 saturated heterocycles. The van der Waals surface area contributed by atoms with Crippen molar-refractivity contribution in [3.05, 3.63) is 34.4 Å². The van der Waals surface area contributed by atoms with E-state index in [0.717, 1.165) is 29.4 Å². The number of pyridine rings is 1. The number of hydrogen-bond acceptors (Lipinski definition) is 6. The molecule has 0 aliphatic carbocycles. The van der Waals surface area contributed by atoms with Gasteiger partial charge < -0.3 is 10.7 Å². The molecule has 6 heteroatoms. The molecule has 2 heterocycles. The van der Waals surface area contributed by atoms with Gasteiger partial charge >= 0.3 is 0 Å². The van der Waals surface area contributed by atoms with Crippen molar-refractivity contribution < 1.29 is 0 Å². The summed E-state index contributed by atoms with van der Waals surface area (Å²) < 4.78 is 0. The van der Waals surface area contributed by atoms with E-state index in [2.05, 4.69) is 26.1 Å². The maximum absolute atomic E-state index is 5.29. The highest BCUT2D eigenvalue weighted by atomic mass is 32.1. The van der Waals surface area contributed by atoms with Crippen LogP contribution in [0.25, 0.3) is 0 Å². The molecule has 0 aliphatic rings. The third-order valence-electron chi connectivity index (χ3n) is 2.28. The second-order valence-corrected chi connectivity index (χ2v) is 4.67. The van der Waals surface area contributed by atoms with Gasteiger partial charge in [0, 0.05) is 36.3 Å². The van der Waals surface area contributed by atoms with E-state index in [-0.39, 0.29) is 0 Å². The Bertz CT molecular complexity index is 482. The second kappa shape index (κ2) is 5.60. The number of nitrogens with two attached hydrogens (primary N) is 1. The van der Waals surface area contributed by atoms with Gasteiger partial charge in [0.2, 0.25) is 0 Å². The minimum atomic E-state index is 0.652. The number of thiazole rings is 1. The molecule has 90 valence electrons. The Morgan fingerprint density at radius 2 is 2.35 bits per heavy atom. The highest BCUT2D eigenvalue weighted by Crippen LogP contribution is 2.12. The van der Waals surface area contributed by atoms with Gasteiger partial charge in [-0.2, -0.15) is 0 Å². The molecule has 17 heavy (non-hydrogen) atoms. The molecule has 0 spiro atoms. The van der Waals surface area contributed by atoms with Gasteiger partial charge in [0.15, 0.2) is 0 Å². The van der Waals surface area contributed by atoms with Crippen LogP contribution in [-0.2, 0) is 6.42 Å². The van der Waals surface area contributed by atoms with Gasteiger partial charge in [0.25, 0.3) is 0 Å². The van der Waals surface area contributed by atoms with Gasteiger partial charge in [-0.3, -0.25) is 0 Å². The first kappa shape index (κ1) is 11.8. The van der Waals surface area contributed by atoms with E-state index < -0.39 is 0 Å². The standard InChI is InChI=1S/C11H15N5S/c1-8-15-10(7-17-8)3-4-13-9-2-5-14-11(6-9)16-12/h2,5-7H,3-4,12H2,1H3,(H2,13,14,16). The highest BCUT2D eigenvalue weighted by molar-refractivity contribution is 7.09. The number of hydrogen-bond donors (Lipinski definition) is 3. The molecule has 0 amide bonds. The molecule has 0 atom stereocenters. The number of aryl methyl sites for hydroxylation is 1. The maximum Gasteiger partial charge on any atom is 0.141 e. The minimum Gasteiger partial charge on any atom is -0.384 e. The van der Waals surface area contributed by atoms with Crippen molar-refractivity contribution in [1.29, 1.82) is 0 Å². The first-order valence-electron chi connectivity index (χ1n) is 5.35. The van der Waals surface area contributed by atoms with Gasteiger partial charge in [-0.25, -0.2) is 15.8 Å². The molecule has 0 aromatic carbocycles. The van der Waals surface area contributed by atoms with Crippen molar-refractivity contribution in [2.75, 3.05) is 17.3 Å². The molecule has 2 aromatic rings. The fourth-order valence-corrected chi connectivity index (χ4v) is 2.12. The fourth-order valence-electron chi connectivity index (χ4n) is 1.48. The molecule has 2 rings (SSSR count). The number of rotatable bonds is 5. The van der Waals surface area contributed by atoms with E-state index in [0.29, 0.717) is 5.82 Å². The van der Waals surface area contributed by atoms with E-state index in [1.54, 1.807) is 17.5 Å². The zero-order chi connectivity index (χ0) is 12.1. The summed E-state index contributed by atoms with van der Waals surface area (Å²) in [5.41, 5.74) is 4.65. The maximum atomic E-state index is 5.29. The van der Waals surface area contributed by atoms with Crippen LogP contribution in [0.1, 0.15) is 10.7 Å². The number of anilines is 2. The summed E-state index contributed by atoms with van der Waals surface area (Å²) in [6.45, 7) is 2.86. The van der Waals surface area contributed by atoms with Gasteiger partial charge in [0.1, 0.15) is 5.82 Å². The number of aromatic nitrogens is 2. The molecule has 4 N–H and O–H groups in total. The summed E-state index contributed by atoms with van der Waals surface area (Å²) in [6, 6.07) is 3.78. The van der Waals surface area contributed by atoms with Gasteiger partial charge in [-0.05, 0) is 13.0 Å². The Morgan fingerprint density at radius 3 is 3.06 bits per heavy atom. The summed E-state index contributed by atoms with van der Waals surface area (Å²) in [6.07, 6.45) is 2.63. The van der Waals surface area contributed by atoms with Crippen LogP contribution < -0.4 is 16.6 Å². The van der Waals surface area contributed by atoms with E-state index in [1.165, 1.54) is 0 Å². The topological polar surface area (TPSA) is 75.9 Å². The van der Waals surface area contributed by atoms with Gasteiger partial charge in [-0.15, -0.1) is 11.3 Å². The van der Waals surface area contributed by atoms with E-state index in [4.69, 9.17) is 5.84 Å². The Labute approximate surface area is 104 Å². The number of hydrazine groups is 1. The van der Waals surface area contributed by atoms with Crippen LogP contribution >= 0.6 is 11.3 Å². The minimum absolute atomic E-state index is 0.652. The van der Waals surface area contributed by atoms with Crippen molar-refractivity contribution in [1.82, 2.24) is 9.97 Å². The highest BCUT2D eigenvalue weighted by Gasteiger charge is 1.99. The van der Waals surface area contributed by atoms with Crippen LogP contribution in [0.4, 0.5) is 11.5 Å². The molecule has 0 saturated carbocycles. The Morgan fingerprint density at radius 1 is 1.47 bits per heavy atom. The van der Waals surface area contributed by atoms with Crippen molar-refractivity contribution in [3.63, 3.8) is 0 Å². The lowest BCUT2D eigenvalue weighted by Crippen LogP contribution is -2.10. The van der Waals surface area contributed by atoms with Crippen LogP contribution in [0.5, 0.6) is 0 Å². The number of nitrogens with one attached hydrogen (secondary N) is 2. The van der Waals surface area contributed by atoms with Crippen molar-refractivity contribution in [3.8, 4) is 0 Å². The van der Waals surface area contributed by atoms with Crippen LogP contribution in [0.3, 0.4) is 0 Å². The predicted octanol–water partition coefficient (Wildman–Crippen LogP) is 1.79. The quantitative estimate of drug-likeness (QED) is 0.556. The molecule has 5 nitrogen and oxygen atoms in total. The van der Waals surface area contributed by atoms with Crippen LogP contribution in [-0.4, -0.2) is 16.5 Å². The predicted molar refractivity (Wildman–Crippen MR) is 71.1 cm³/mol. The third-order valence-corrected chi connectivity index (χ3v) is 3.11. The molecule has 0 radical (unpaired) electrons. The van der Waals surface area contributed by atoms with Crippen LogP contribution in [0.15, 0.2) is 23.7 Å². The van der Waals surface area contributed by atoms with E-state index in [9.17, 15) is 0 Å². The van der Waals surface area contributed by atoms with Crippen LogP contribution in [0, 0.1) is 6.92 Å². The molecular weight excluding hydrogens is 234 g/mol. The smallest absolute Gasteiger partial charge is 0.141 e. The van der Waals surface area contributed by atoms with Crippen molar-refractivity contribution in [2.24, 2.45) is 5.84 Å². The lowest BCUT2D eigenvalue weighted by Gasteiger charge is -2.06. The van der Waals surface area contributed by atoms with E-state index >= 15 is 0 Å². The summed E-state index contributed by atoms with van der Waals surface area (Å²) in [5.74, 6) is 5.94. The average molecular weight is 249 g/mol. The van der Waals surface area contributed by atoms with Gasteiger partial charge in [-0.1, -0.05) is 0 Å².